The van der Waals surface area contributed by atoms with Crippen LogP contribution in [0.15, 0.2) is 24.4 Å². The first-order valence-electron chi connectivity index (χ1n) is 6.63. The van der Waals surface area contributed by atoms with Gasteiger partial charge in [0.25, 0.3) is 5.91 Å². The monoisotopic (exact) mass is 293 g/mol. The molecule has 0 spiro atoms. The van der Waals surface area contributed by atoms with Gasteiger partial charge in [-0.2, -0.15) is 0 Å². The molecule has 0 N–H and O–H groups in total. The number of fused-ring (bicyclic) bond motifs is 1. The van der Waals surface area contributed by atoms with Gasteiger partial charge in [0.1, 0.15) is 5.65 Å². The largest absolute Gasteiger partial charge is 0.372 e. The van der Waals surface area contributed by atoms with Gasteiger partial charge in [0, 0.05) is 19.3 Å². The fourth-order valence-electron chi connectivity index (χ4n) is 2.65. The molecule has 0 aromatic carbocycles. The van der Waals surface area contributed by atoms with Crippen molar-refractivity contribution < 1.29 is 9.53 Å². The van der Waals surface area contributed by atoms with Gasteiger partial charge in [-0.3, -0.25) is 9.20 Å². The van der Waals surface area contributed by atoms with Crippen LogP contribution in [0.1, 0.15) is 24.3 Å². The number of pyridine rings is 1. The Kier molecular flexibility index (Phi) is 3.40. The van der Waals surface area contributed by atoms with Gasteiger partial charge in [-0.25, -0.2) is 4.98 Å². The zero-order chi connectivity index (χ0) is 14.3. The highest BCUT2D eigenvalue weighted by atomic mass is 35.5. The second-order valence-electron chi connectivity index (χ2n) is 5.15. The molecular weight excluding hydrogens is 278 g/mol. The van der Waals surface area contributed by atoms with Crippen molar-refractivity contribution in [2.75, 3.05) is 13.1 Å². The minimum absolute atomic E-state index is 0.0284. The number of imidazole rings is 1. The summed E-state index contributed by atoms with van der Waals surface area (Å²) in [5.41, 5.74) is 1.10. The molecule has 2 atom stereocenters. The van der Waals surface area contributed by atoms with Gasteiger partial charge in [-0.1, -0.05) is 17.7 Å². The van der Waals surface area contributed by atoms with E-state index in [9.17, 15) is 4.79 Å². The Labute approximate surface area is 122 Å². The number of ether oxygens (including phenoxy) is 1. The van der Waals surface area contributed by atoms with E-state index in [0.29, 0.717) is 24.4 Å². The summed E-state index contributed by atoms with van der Waals surface area (Å²) in [4.78, 5) is 18.7. The minimum Gasteiger partial charge on any atom is -0.372 e. The molecule has 0 unspecified atom stereocenters. The van der Waals surface area contributed by atoms with E-state index in [4.69, 9.17) is 16.3 Å². The number of rotatable bonds is 1. The number of carbonyl (C=O) groups excluding carboxylic acids is 1. The summed E-state index contributed by atoms with van der Waals surface area (Å²) < 4.78 is 7.38. The molecule has 1 saturated heterocycles. The van der Waals surface area contributed by atoms with E-state index in [1.54, 1.807) is 15.5 Å². The van der Waals surface area contributed by atoms with Gasteiger partial charge < -0.3 is 9.64 Å². The first-order chi connectivity index (χ1) is 9.56. The van der Waals surface area contributed by atoms with Crippen LogP contribution in [0, 0.1) is 0 Å². The molecule has 1 aliphatic heterocycles. The van der Waals surface area contributed by atoms with Crippen molar-refractivity contribution in [3.63, 3.8) is 0 Å². The normalized spacial score (nSPS) is 23.2. The average Bonchev–Trinajstić information content (AvgIpc) is 2.72. The van der Waals surface area contributed by atoms with E-state index in [2.05, 4.69) is 4.98 Å². The molecule has 3 rings (SSSR count). The van der Waals surface area contributed by atoms with Gasteiger partial charge in [0.2, 0.25) is 0 Å². The van der Waals surface area contributed by atoms with Crippen molar-refractivity contribution >= 4 is 23.2 Å². The maximum atomic E-state index is 12.7. The molecule has 0 bridgehead atoms. The zero-order valence-electron chi connectivity index (χ0n) is 11.4. The molecule has 2 aromatic rings. The van der Waals surface area contributed by atoms with Gasteiger partial charge in [-0.15, -0.1) is 0 Å². The summed E-state index contributed by atoms with van der Waals surface area (Å²) in [6.07, 6.45) is 1.86. The maximum Gasteiger partial charge on any atom is 0.274 e. The van der Waals surface area contributed by atoms with E-state index in [0.717, 1.165) is 0 Å². The van der Waals surface area contributed by atoms with Crippen LogP contribution in [0.4, 0.5) is 0 Å². The molecule has 1 aliphatic rings. The Morgan fingerprint density at radius 3 is 2.75 bits per heavy atom. The fourth-order valence-corrected chi connectivity index (χ4v) is 2.91. The number of aromatic nitrogens is 2. The summed E-state index contributed by atoms with van der Waals surface area (Å²) in [6, 6.07) is 5.55. The topological polar surface area (TPSA) is 46.8 Å². The number of amides is 1. The van der Waals surface area contributed by atoms with Crippen LogP contribution >= 0.6 is 11.6 Å². The van der Waals surface area contributed by atoms with Crippen LogP contribution in [-0.4, -0.2) is 45.5 Å². The Morgan fingerprint density at radius 2 is 2.05 bits per heavy atom. The fraction of sp³-hybridized carbons (Fsp3) is 0.429. The predicted octanol–water partition coefficient (Wildman–Crippen LogP) is 2.24. The number of carbonyl (C=O) groups is 1. The molecule has 2 aromatic heterocycles. The quantitative estimate of drug-likeness (QED) is 0.810. The Hall–Kier alpha value is -1.59. The summed E-state index contributed by atoms with van der Waals surface area (Å²) in [7, 11) is 0. The van der Waals surface area contributed by atoms with Crippen LogP contribution in [0.2, 0.25) is 5.15 Å². The highest BCUT2D eigenvalue weighted by Crippen LogP contribution is 2.21. The smallest absolute Gasteiger partial charge is 0.274 e. The number of morpholine rings is 1. The molecule has 0 saturated carbocycles. The molecule has 1 fully saturated rings. The number of hydrogen-bond donors (Lipinski definition) is 0. The van der Waals surface area contributed by atoms with Crippen molar-refractivity contribution in [2.45, 2.75) is 26.1 Å². The Balaban J connectivity index is 1.98. The van der Waals surface area contributed by atoms with E-state index < -0.39 is 0 Å². The average molecular weight is 294 g/mol. The third kappa shape index (κ3) is 2.27. The van der Waals surface area contributed by atoms with Crippen LogP contribution in [0.3, 0.4) is 0 Å². The molecule has 3 heterocycles. The van der Waals surface area contributed by atoms with Crippen molar-refractivity contribution in [2.24, 2.45) is 0 Å². The maximum absolute atomic E-state index is 12.7. The van der Waals surface area contributed by atoms with E-state index >= 15 is 0 Å². The van der Waals surface area contributed by atoms with E-state index in [-0.39, 0.29) is 23.3 Å². The van der Waals surface area contributed by atoms with E-state index in [1.807, 2.05) is 32.0 Å². The van der Waals surface area contributed by atoms with Crippen LogP contribution < -0.4 is 0 Å². The summed E-state index contributed by atoms with van der Waals surface area (Å²) in [6.45, 7) is 5.07. The molecule has 106 valence electrons. The lowest BCUT2D eigenvalue weighted by Crippen LogP contribution is -2.48. The highest BCUT2D eigenvalue weighted by Gasteiger charge is 2.29. The SMILES string of the molecule is C[C@H]1CN(C(=O)c2c(Cl)nc3ccccn23)C[C@H](C)O1. The molecule has 0 radical (unpaired) electrons. The summed E-state index contributed by atoms with van der Waals surface area (Å²) in [5.74, 6) is -0.101. The third-order valence-corrected chi connectivity index (χ3v) is 3.66. The standard InChI is InChI=1S/C14H16ClN3O2/c1-9-7-17(8-10(2)20-9)14(19)12-13(15)16-11-5-3-4-6-18(11)12/h3-6,9-10H,7-8H2,1-2H3/t9-,10-/m0/s1. The first kappa shape index (κ1) is 13.4. The van der Waals surface area contributed by atoms with Crippen LogP contribution in [-0.2, 0) is 4.74 Å². The van der Waals surface area contributed by atoms with Crippen molar-refractivity contribution in [3.05, 3.63) is 35.2 Å². The Morgan fingerprint density at radius 1 is 1.35 bits per heavy atom. The summed E-state index contributed by atoms with van der Waals surface area (Å²) >= 11 is 6.14. The van der Waals surface area contributed by atoms with Crippen LogP contribution in [0.25, 0.3) is 5.65 Å². The summed E-state index contributed by atoms with van der Waals surface area (Å²) in [5, 5.41) is 0.244. The first-order valence-corrected chi connectivity index (χ1v) is 7.01. The van der Waals surface area contributed by atoms with Crippen molar-refractivity contribution in [1.82, 2.24) is 14.3 Å². The van der Waals surface area contributed by atoms with Crippen molar-refractivity contribution in [1.29, 1.82) is 0 Å². The number of nitrogens with zero attached hydrogens (tertiary/aromatic N) is 3. The third-order valence-electron chi connectivity index (χ3n) is 3.40. The second kappa shape index (κ2) is 5.07. The number of halogens is 1. The van der Waals surface area contributed by atoms with Crippen molar-refractivity contribution in [3.8, 4) is 0 Å². The predicted molar refractivity (Wildman–Crippen MR) is 76.1 cm³/mol. The molecule has 1 amide bonds. The number of hydrogen-bond acceptors (Lipinski definition) is 3. The lowest BCUT2D eigenvalue weighted by atomic mass is 10.2. The van der Waals surface area contributed by atoms with Gasteiger partial charge in [0.15, 0.2) is 10.8 Å². The molecule has 6 heteroatoms. The Bertz CT molecular complexity index is 645. The molecule has 5 nitrogen and oxygen atoms in total. The molecular formula is C14H16ClN3O2. The van der Waals surface area contributed by atoms with Gasteiger partial charge in [0.05, 0.1) is 12.2 Å². The molecule has 20 heavy (non-hydrogen) atoms. The zero-order valence-corrected chi connectivity index (χ0v) is 12.2. The van der Waals surface area contributed by atoms with Gasteiger partial charge >= 0.3 is 0 Å². The highest BCUT2D eigenvalue weighted by molar-refractivity contribution is 6.32. The second-order valence-corrected chi connectivity index (χ2v) is 5.51. The lowest BCUT2D eigenvalue weighted by molar-refractivity contribution is -0.0587. The molecule has 0 aliphatic carbocycles. The van der Waals surface area contributed by atoms with Crippen LogP contribution in [0.5, 0.6) is 0 Å². The van der Waals surface area contributed by atoms with Gasteiger partial charge in [-0.05, 0) is 26.0 Å². The van der Waals surface area contributed by atoms with E-state index in [1.165, 1.54) is 0 Å². The lowest BCUT2D eigenvalue weighted by Gasteiger charge is -2.35. The minimum atomic E-state index is -0.101.